The first-order chi connectivity index (χ1) is 14.8. The molecule has 6 nitrogen and oxygen atoms in total. The second-order valence-corrected chi connectivity index (χ2v) is 7.22. The Morgan fingerprint density at radius 3 is 2.42 bits per heavy atom. The van der Waals surface area contributed by atoms with E-state index in [0.29, 0.717) is 33.5 Å². The molecule has 0 radical (unpaired) electrons. The number of carbonyl (C=O) groups is 1. The number of aromatic nitrogens is 1. The fourth-order valence-electron chi connectivity index (χ4n) is 2.67. The summed E-state index contributed by atoms with van der Waals surface area (Å²) in [6.07, 6.45) is -4.37. The van der Waals surface area contributed by atoms with Gasteiger partial charge >= 0.3 is 6.18 Å². The molecule has 0 unspecified atom stereocenters. The summed E-state index contributed by atoms with van der Waals surface area (Å²) < 4.78 is 51.5. The number of rotatable bonds is 8. The van der Waals surface area contributed by atoms with Gasteiger partial charge in [-0.25, -0.2) is 4.98 Å². The quantitative estimate of drug-likeness (QED) is 0.511. The van der Waals surface area contributed by atoms with E-state index in [1.54, 1.807) is 43.9 Å². The van der Waals surface area contributed by atoms with E-state index in [9.17, 15) is 18.0 Å². The summed E-state index contributed by atoms with van der Waals surface area (Å²) in [5, 5.41) is 4.93. The summed E-state index contributed by atoms with van der Waals surface area (Å²) in [6, 6.07) is 11.5. The van der Waals surface area contributed by atoms with Crippen molar-refractivity contribution in [3.05, 3.63) is 59.0 Å². The molecule has 0 spiro atoms. The van der Waals surface area contributed by atoms with Gasteiger partial charge in [-0.3, -0.25) is 10.1 Å². The maximum atomic E-state index is 12.4. The molecule has 1 amide bonds. The molecule has 0 fully saturated rings. The highest BCUT2D eigenvalue weighted by molar-refractivity contribution is 7.14. The van der Waals surface area contributed by atoms with Gasteiger partial charge in [0.2, 0.25) is 0 Å². The van der Waals surface area contributed by atoms with Gasteiger partial charge in [-0.1, -0.05) is 12.1 Å². The third kappa shape index (κ3) is 6.19. The minimum Gasteiger partial charge on any atom is -0.493 e. The number of methoxy groups -OCH3 is 2. The maximum absolute atomic E-state index is 12.4. The van der Waals surface area contributed by atoms with Crippen LogP contribution in [0.2, 0.25) is 0 Å². The summed E-state index contributed by atoms with van der Waals surface area (Å²) in [5.41, 5.74) is 2.35. The van der Waals surface area contributed by atoms with E-state index in [1.807, 2.05) is 6.07 Å². The molecule has 31 heavy (non-hydrogen) atoms. The fraction of sp³-hybridized carbons (Fsp3) is 0.238. The topological polar surface area (TPSA) is 69.7 Å². The smallest absolute Gasteiger partial charge is 0.411 e. The fourth-order valence-corrected chi connectivity index (χ4v) is 3.38. The van der Waals surface area contributed by atoms with Crippen LogP contribution in [0, 0.1) is 0 Å². The number of amides is 1. The molecule has 1 aromatic heterocycles. The van der Waals surface area contributed by atoms with Crippen molar-refractivity contribution < 1.29 is 32.2 Å². The predicted molar refractivity (Wildman–Crippen MR) is 111 cm³/mol. The van der Waals surface area contributed by atoms with Crippen molar-refractivity contribution in [2.45, 2.75) is 12.8 Å². The van der Waals surface area contributed by atoms with Crippen molar-refractivity contribution >= 4 is 22.4 Å². The molecule has 0 saturated carbocycles. The molecule has 0 aliphatic rings. The molecule has 3 aromatic rings. The molecule has 0 atom stereocenters. The van der Waals surface area contributed by atoms with Crippen LogP contribution in [-0.4, -0.2) is 37.9 Å². The number of hydrogen-bond acceptors (Lipinski definition) is 6. The third-order valence-electron chi connectivity index (χ3n) is 4.15. The number of nitrogens with zero attached hydrogens (tertiary/aromatic N) is 1. The standard InChI is InChI=1S/C21H19F3N2O4S/c1-28-17-8-7-15(9-18(17)29-2)16-11-31-20(25-16)26-19(27)14-5-3-13(4-6-14)10-30-12-21(22,23)24/h3-9,11H,10,12H2,1-2H3,(H,25,26,27). The Hall–Kier alpha value is -3.11. The van der Waals surface area contributed by atoms with E-state index in [2.05, 4.69) is 15.0 Å². The molecular formula is C21H19F3N2O4S. The lowest BCUT2D eigenvalue weighted by Crippen LogP contribution is -2.16. The number of hydrogen-bond donors (Lipinski definition) is 1. The van der Waals surface area contributed by atoms with Crippen LogP contribution < -0.4 is 14.8 Å². The van der Waals surface area contributed by atoms with Crippen molar-refractivity contribution in [3.8, 4) is 22.8 Å². The number of ether oxygens (including phenoxy) is 3. The molecule has 164 valence electrons. The van der Waals surface area contributed by atoms with Crippen molar-refractivity contribution in [1.29, 1.82) is 0 Å². The van der Waals surface area contributed by atoms with Crippen molar-refractivity contribution in [3.63, 3.8) is 0 Å². The minimum absolute atomic E-state index is 0.192. The summed E-state index contributed by atoms with van der Waals surface area (Å²) in [7, 11) is 3.10. The zero-order valence-corrected chi connectivity index (χ0v) is 17.5. The van der Waals surface area contributed by atoms with Gasteiger partial charge in [0.25, 0.3) is 5.91 Å². The summed E-state index contributed by atoms with van der Waals surface area (Å²) in [6.45, 7) is -1.51. The van der Waals surface area contributed by atoms with Crippen LogP contribution in [0.15, 0.2) is 47.8 Å². The molecule has 0 aliphatic heterocycles. The summed E-state index contributed by atoms with van der Waals surface area (Å²) >= 11 is 1.27. The van der Waals surface area contributed by atoms with Crippen LogP contribution in [0.5, 0.6) is 11.5 Å². The molecule has 1 heterocycles. The Bertz CT molecular complexity index is 1040. The molecule has 3 rings (SSSR count). The lowest BCUT2D eigenvalue weighted by atomic mass is 10.1. The number of carbonyl (C=O) groups excluding carboxylic acids is 1. The SMILES string of the molecule is COc1ccc(-c2csc(NC(=O)c3ccc(COCC(F)(F)F)cc3)n2)cc1OC. The van der Waals surface area contributed by atoms with Gasteiger partial charge in [-0.05, 0) is 35.9 Å². The second-order valence-electron chi connectivity index (χ2n) is 6.37. The Labute approximate surface area is 180 Å². The maximum Gasteiger partial charge on any atom is 0.411 e. The monoisotopic (exact) mass is 452 g/mol. The van der Waals surface area contributed by atoms with E-state index in [4.69, 9.17) is 9.47 Å². The second kappa shape index (κ2) is 9.80. The Morgan fingerprint density at radius 2 is 1.77 bits per heavy atom. The zero-order valence-electron chi connectivity index (χ0n) is 16.7. The van der Waals surface area contributed by atoms with Gasteiger partial charge in [0.1, 0.15) is 6.61 Å². The first-order valence-corrected chi connectivity index (χ1v) is 9.90. The van der Waals surface area contributed by atoms with Crippen LogP contribution >= 0.6 is 11.3 Å². The highest BCUT2D eigenvalue weighted by Gasteiger charge is 2.27. The third-order valence-corrected chi connectivity index (χ3v) is 4.91. The number of thiazole rings is 1. The first-order valence-electron chi connectivity index (χ1n) is 9.02. The number of alkyl halides is 3. The van der Waals surface area contributed by atoms with Crippen LogP contribution in [-0.2, 0) is 11.3 Å². The molecule has 0 aliphatic carbocycles. The molecule has 2 aromatic carbocycles. The Kier molecular flexibility index (Phi) is 7.13. The highest BCUT2D eigenvalue weighted by atomic mass is 32.1. The average Bonchev–Trinajstić information content (AvgIpc) is 3.21. The van der Waals surface area contributed by atoms with Crippen LogP contribution in [0.4, 0.5) is 18.3 Å². The predicted octanol–water partition coefficient (Wildman–Crippen LogP) is 5.16. The molecule has 10 heteroatoms. The van der Waals surface area contributed by atoms with E-state index < -0.39 is 12.8 Å². The number of benzene rings is 2. The van der Waals surface area contributed by atoms with Gasteiger partial charge in [0, 0.05) is 16.5 Å². The Balaban J connectivity index is 1.62. The van der Waals surface area contributed by atoms with E-state index in [1.165, 1.54) is 23.5 Å². The van der Waals surface area contributed by atoms with E-state index in [-0.39, 0.29) is 12.5 Å². The van der Waals surface area contributed by atoms with Crippen molar-refractivity contribution in [2.75, 3.05) is 26.1 Å². The lowest BCUT2D eigenvalue weighted by molar-refractivity contribution is -0.176. The summed E-state index contributed by atoms with van der Waals surface area (Å²) in [5.74, 6) is 0.788. The first kappa shape index (κ1) is 22.6. The number of anilines is 1. The molecule has 0 saturated heterocycles. The van der Waals surface area contributed by atoms with Crippen LogP contribution in [0.3, 0.4) is 0 Å². The molecule has 0 bridgehead atoms. The lowest BCUT2D eigenvalue weighted by Gasteiger charge is -2.08. The normalized spacial score (nSPS) is 11.3. The molecule has 1 N–H and O–H groups in total. The van der Waals surface area contributed by atoms with Gasteiger partial charge in [-0.15, -0.1) is 11.3 Å². The number of nitrogens with one attached hydrogen (secondary N) is 1. The van der Waals surface area contributed by atoms with Crippen molar-refractivity contribution in [2.24, 2.45) is 0 Å². The van der Waals surface area contributed by atoms with E-state index in [0.717, 1.165) is 5.56 Å². The average molecular weight is 452 g/mol. The zero-order chi connectivity index (χ0) is 22.4. The van der Waals surface area contributed by atoms with Crippen molar-refractivity contribution in [1.82, 2.24) is 4.98 Å². The highest BCUT2D eigenvalue weighted by Crippen LogP contribution is 2.33. The summed E-state index contributed by atoms with van der Waals surface area (Å²) in [4.78, 5) is 16.9. The molecular weight excluding hydrogens is 433 g/mol. The van der Waals surface area contributed by atoms with Gasteiger partial charge in [0.05, 0.1) is 26.5 Å². The van der Waals surface area contributed by atoms with Crippen LogP contribution in [0.1, 0.15) is 15.9 Å². The Morgan fingerprint density at radius 1 is 1.06 bits per heavy atom. The van der Waals surface area contributed by atoms with Crippen LogP contribution in [0.25, 0.3) is 11.3 Å². The number of halogens is 3. The van der Waals surface area contributed by atoms with Gasteiger partial charge in [-0.2, -0.15) is 13.2 Å². The minimum atomic E-state index is -4.37. The largest absolute Gasteiger partial charge is 0.493 e. The van der Waals surface area contributed by atoms with Gasteiger partial charge < -0.3 is 14.2 Å². The van der Waals surface area contributed by atoms with E-state index >= 15 is 0 Å². The van der Waals surface area contributed by atoms with Gasteiger partial charge in [0.15, 0.2) is 16.6 Å².